The average molecular weight is 916 g/mol. The summed E-state index contributed by atoms with van der Waals surface area (Å²) in [5.74, 6) is 2.54. The van der Waals surface area contributed by atoms with Crippen LogP contribution in [-0.4, -0.2) is 20.8 Å². The molecular formula is C64H57N3O3. The third-order valence-corrected chi connectivity index (χ3v) is 12.3. The number of para-hydroxylation sites is 2. The lowest BCUT2D eigenvalue weighted by molar-refractivity contribution is 0.340. The smallest absolute Gasteiger partial charge is 0.119 e. The van der Waals surface area contributed by atoms with Crippen molar-refractivity contribution < 1.29 is 14.2 Å². The van der Waals surface area contributed by atoms with Crippen LogP contribution in [0.3, 0.4) is 0 Å². The second kappa shape index (κ2) is 21.9. The van der Waals surface area contributed by atoms with Gasteiger partial charge in [-0.05, 0) is 188 Å². The van der Waals surface area contributed by atoms with Crippen LogP contribution in [0.2, 0.25) is 0 Å². The highest BCUT2D eigenvalue weighted by Gasteiger charge is 2.17. The van der Waals surface area contributed by atoms with Crippen molar-refractivity contribution >= 4 is 75.5 Å². The molecule has 0 bridgehead atoms. The molecule has 346 valence electrons. The van der Waals surface area contributed by atoms with Crippen molar-refractivity contribution in [1.29, 1.82) is 0 Å². The standard InChI is InChI=1S/C64H57N3O3/c1-6-70-60-39-37-57(38-40-60)65(55-29-21-49(22-30-55)17-19-51-25-33-58(34-26-51)66(53-13-9-7-10-14-53)63-43-41-61(68-4)45-47(63)2)56-31-23-50(24-32-56)18-20-52-27-35-59(36-28-52)67(54-15-11-8-12-16-54)64-44-42-62(69-5)46-48(64)3/h7-46H,6H2,1-5H3/b19-17+,20-18+. The number of ether oxygens (including phenoxy) is 3. The molecule has 0 heterocycles. The van der Waals surface area contributed by atoms with Gasteiger partial charge in [0.2, 0.25) is 0 Å². The van der Waals surface area contributed by atoms with Gasteiger partial charge < -0.3 is 28.9 Å². The lowest BCUT2D eigenvalue weighted by atomic mass is 10.1. The number of hydrogen-bond acceptors (Lipinski definition) is 6. The number of rotatable bonds is 17. The Morgan fingerprint density at radius 3 is 0.914 bits per heavy atom. The number of anilines is 9. The van der Waals surface area contributed by atoms with E-state index in [1.165, 1.54) is 0 Å². The molecule has 0 N–H and O–H groups in total. The van der Waals surface area contributed by atoms with E-state index in [4.69, 9.17) is 14.2 Å². The van der Waals surface area contributed by atoms with Crippen LogP contribution in [0.4, 0.5) is 51.2 Å². The maximum absolute atomic E-state index is 5.81. The lowest BCUT2D eigenvalue weighted by Crippen LogP contribution is -2.11. The number of nitrogens with zero attached hydrogens (tertiary/aromatic N) is 3. The molecule has 9 aromatic rings. The topological polar surface area (TPSA) is 37.4 Å². The van der Waals surface area contributed by atoms with E-state index in [1.807, 2.05) is 43.3 Å². The highest BCUT2D eigenvalue weighted by Crippen LogP contribution is 2.40. The van der Waals surface area contributed by atoms with Gasteiger partial charge in [0.1, 0.15) is 17.2 Å². The zero-order chi connectivity index (χ0) is 48.2. The normalized spacial score (nSPS) is 11.2. The van der Waals surface area contributed by atoms with Crippen molar-refractivity contribution in [3.63, 3.8) is 0 Å². The first-order valence-corrected chi connectivity index (χ1v) is 23.7. The minimum atomic E-state index is 0.617. The van der Waals surface area contributed by atoms with E-state index in [2.05, 4.69) is 235 Å². The second-order valence-electron chi connectivity index (χ2n) is 16.9. The number of methoxy groups -OCH3 is 2. The van der Waals surface area contributed by atoms with Crippen LogP contribution in [0.15, 0.2) is 218 Å². The van der Waals surface area contributed by atoms with Crippen molar-refractivity contribution in [2.24, 2.45) is 0 Å². The van der Waals surface area contributed by atoms with Gasteiger partial charge in [-0.1, -0.05) is 109 Å². The summed E-state index contributed by atoms with van der Waals surface area (Å²) < 4.78 is 16.8. The molecule has 0 spiro atoms. The van der Waals surface area contributed by atoms with E-state index >= 15 is 0 Å². The van der Waals surface area contributed by atoms with E-state index in [9.17, 15) is 0 Å². The number of hydrogen-bond donors (Lipinski definition) is 0. The van der Waals surface area contributed by atoms with Crippen molar-refractivity contribution in [3.8, 4) is 17.2 Å². The van der Waals surface area contributed by atoms with E-state index < -0.39 is 0 Å². The van der Waals surface area contributed by atoms with Crippen LogP contribution >= 0.6 is 0 Å². The first kappa shape index (κ1) is 46.4. The molecular weight excluding hydrogens is 859 g/mol. The largest absolute Gasteiger partial charge is 0.497 e. The Bertz CT molecular complexity index is 2970. The molecule has 0 saturated carbocycles. The quantitative estimate of drug-likeness (QED) is 0.0847. The monoisotopic (exact) mass is 915 g/mol. The first-order valence-electron chi connectivity index (χ1n) is 23.7. The molecule has 0 saturated heterocycles. The Balaban J connectivity index is 0.923. The maximum atomic E-state index is 5.81. The molecule has 0 radical (unpaired) electrons. The maximum Gasteiger partial charge on any atom is 0.119 e. The van der Waals surface area contributed by atoms with Gasteiger partial charge in [-0.15, -0.1) is 0 Å². The lowest BCUT2D eigenvalue weighted by Gasteiger charge is -2.27. The van der Waals surface area contributed by atoms with E-state index in [0.29, 0.717) is 6.61 Å². The van der Waals surface area contributed by atoms with E-state index in [1.54, 1.807) is 14.2 Å². The Morgan fingerprint density at radius 1 is 0.329 bits per heavy atom. The van der Waals surface area contributed by atoms with E-state index in [0.717, 1.165) is 102 Å². The van der Waals surface area contributed by atoms with Crippen LogP contribution in [0.25, 0.3) is 24.3 Å². The van der Waals surface area contributed by atoms with Gasteiger partial charge in [0, 0.05) is 51.2 Å². The van der Waals surface area contributed by atoms with E-state index in [-0.39, 0.29) is 0 Å². The first-order chi connectivity index (χ1) is 34.4. The van der Waals surface area contributed by atoms with Gasteiger partial charge in [-0.2, -0.15) is 0 Å². The van der Waals surface area contributed by atoms with Crippen molar-refractivity contribution in [3.05, 3.63) is 252 Å². The molecule has 0 aromatic heterocycles. The van der Waals surface area contributed by atoms with Gasteiger partial charge in [-0.3, -0.25) is 0 Å². The number of aryl methyl sites for hydroxylation is 2. The molecule has 6 nitrogen and oxygen atoms in total. The summed E-state index contributed by atoms with van der Waals surface area (Å²) in [4.78, 5) is 6.85. The van der Waals surface area contributed by atoms with Crippen LogP contribution in [0.5, 0.6) is 17.2 Å². The molecule has 0 fully saturated rings. The highest BCUT2D eigenvalue weighted by atomic mass is 16.5. The predicted molar refractivity (Wildman–Crippen MR) is 295 cm³/mol. The van der Waals surface area contributed by atoms with Gasteiger partial charge in [0.05, 0.1) is 20.8 Å². The molecule has 9 aromatic carbocycles. The summed E-state index contributed by atoms with van der Waals surface area (Å²) in [6, 6.07) is 76.5. The summed E-state index contributed by atoms with van der Waals surface area (Å²) >= 11 is 0. The van der Waals surface area contributed by atoms with Gasteiger partial charge >= 0.3 is 0 Å². The summed E-state index contributed by atoms with van der Waals surface area (Å²) in [5, 5.41) is 0. The van der Waals surface area contributed by atoms with Gasteiger partial charge in [0.25, 0.3) is 0 Å². The van der Waals surface area contributed by atoms with Crippen LogP contribution in [0.1, 0.15) is 40.3 Å². The van der Waals surface area contributed by atoms with Crippen LogP contribution in [0, 0.1) is 13.8 Å². The molecule has 70 heavy (non-hydrogen) atoms. The third kappa shape index (κ3) is 10.8. The number of benzene rings is 9. The minimum Gasteiger partial charge on any atom is -0.497 e. The Morgan fingerprint density at radius 2 is 0.614 bits per heavy atom. The molecule has 0 amide bonds. The van der Waals surface area contributed by atoms with Crippen LogP contribution in [-0.2, 0) is 0 Å². The average Bonchev–Trinajstić information content (AvgIpc) is 3.41. The van der Waals surface area contributed by atoms with Gasteiger partial charge in [0.15, 0.2) is 0 Å². The Kier molecular flexibility index (Phi) is 14.5. The van der Waals surface area contributed by atoms with Crippen molar-refractivity contribution in [2.45, 2.75) is 20.8 Å². The fraction of sp³-hybridized carbons (Fsp3) is 0.0938. The molecule has 6 heteroatoms. The Hall–Kier alpha value is -8.74. The molecule has 0 aliphatic carbocycles. The van der Waals surface area contributed by atoms with Gasteiger partial charge in [-0.25, -0.2) is 0 Å². The summed E-state index contributed by atoms with van der Waals surface area (Å²) in [6.07, 6.45) is 8.66. The molecule has 0 aliphatic heterocycles. The minimum absolute atomic E-state index is 0.617. The highest BCUT2D eigenvalue weighted by molar-refractivity contribution is 5.83. The molecule has 0 atom stereocenters. The molecule has 0 aliphatic rings. The predicted octanol–water partition coefficient (Wildman–Crippen LogP) is 17.5. The fourth-order valence-electron chi connectivity index (χ4n) is 8.65. The molecule has 0 unspecified atom stereocenters. The Labute approximate surface area is 413 Å². The van der Waals surface area contributed by atoms with Crippen molar-refractivity contribution in [2.75, 3.05) is 35.5 Å². The third-order valence-electron chi connectivity index (χ3n) is 12.3. The van der Waals surface area contributed by atoms with Crippen LogP contribution < -0.4 is 28.9 Å². The second-order valence-corrected chi connectivity index (χ2v) is 16.9. The zero-order valence-electron chi connectivity index (χ0n) is 40.4. The summed E-state index contributed by atoms with van der Waals surface area (Å²) in [7, 11) is 3.41. The summed E-state index contributed by atoms with van der Waals surface area (Å²) in [6.45, 7) is 6.86. The SMILES string of the molecule is CCOc1ccc(N(c2ccc(/C=C/c3ccc(N(c4ccccc4)c4ccc(OC)cc4C)cc3)cc2)c2ccc(/C=C/c3ccc(N(c4ccccc4)c4ccc(OC)cc4C)cc3)cc2)cc1. The summed E-state index contributed by atoms with van der Waals surface area (Å²) in [5.41, 5.74) is 16.4. The van der Waals surface area contributed by atoms with Crippen molar-refractivity contribution in [1.82, 2.24) is 0 Å². The molecule has 9 rings (SSSR count). The fourth-order valence-corrected chi connectivity index (χ4v) is 8.65. The zero-order valence-corrected chi connectivity index (χ0v) is 40.4.